The molecule has 1 heterocycles. The third-order valence-corrected chi connectivity index (χ3v) is 6.27. The van der Waals surface area contributed by atoms with Crippen LogP contribution in [0.4, 0.5) is 5.69 Å². The highest BCUT2D eigenvalue weighted by molar-refractivity contribution is 7.99. The van der Waals surface area contributed by atoms with E-state index in [-0.39, 0.29) is 5.91 Å². The molecule has 0 saturated heterocycles. The molecule has 1 aliphatic rings. The van der Waals surface area contributed by atoms with Crippen molar-refractivity contribution in [3.63, 3.8) is 0 Å². The highest BCUT2D eigenvalue weighted by atomic mass is 35.5. The summed E-state index contributed by atoms with van der Waals surface area (Å²) in [5.41, 5.74) is 4.12. The van der Waals surface area contributed by atoms with E-state index < -0.39 is 0 Å². The molecule has 30 heavy (non-hydrogen) atoms. The average molecular weight is 455 g/mol. The molecule has 152 valence electrons. The molecule has 0 aliphatic carbocycles. The molecule has 0 unspecified atom stereocenters. The number of halogens is 2. The molecule has 3 aromatic carbocycles. The maximum Gasteiger partial charge on any atom is 0.251 e. The zero-order chi connectivity index (χ0) is 21.3. The van der Waals surface area contributed by atoms with Crippen molar-refractivity contribution < 1.29 is 4.79 Å². The number of fused-ring (bicyclic) bond motifs is 2. The number of amides is 1. The van der Waals surface area contributed by atoms with Gasteiger partial charge in [0.05, 0.1) is 11.4 Å². The monoisotopic (exact) mass is 454 g/mol. The number of carbonyl (C=O) groups is 1. The maximum atomic E-state index is 12.6. The first-order valence-electron chi connectivity index (χ1n) is 9.65. The van der Waals surface area contributed by atoms with Gasteiger partial charge in [-0.05, 0) is 48.4 Å². The van der Waals surface area contributed by atoms with Crippen molar-refractivity contribution >= 4 is 52.3 Å². The Kier molecular flexibility index (Phi) is 6.19. The van der Waals surface area contributed by atoms with E-state index in [9.17, 15) is 4.79 Å². The number of nitrogens with zero attached hydrogens (tertiary/aromatic N) is 1. The Morgan fingerprint density at radius 2 is 1.70 bits per heavy atom. The van der Waals surface area contributed by atoms with Gasteiger partial charge < -0.3 is 5.32 Å². The first-order valence-corrected chi connectivity index (χ1v) is 11.2. The molecule has 0 aromatic heterocycles. The quantitative estimate of drug-likeness (QED) is 0.360. The summed E-state index contributed by atoms with van der Waals surface area (Å²) in [6.07, 6.45) is 0. The highest BCUT2D eigenvalue weighted by Gasteiger charge is 2.20. The Morgan fingerprint density at radius 1 is 0.967 bits per heavy atom. The zero-order valence-electron chi connectivity index (χ0n) is 16.6. The summed E-state index contributed by atoms with van der Waals surface area (Å²) in [6, 6.07) is 19.0. The summed E-state index contributed by atoms with van der Waals surface area (Å²) in [7, 11) is 0. The van der Waals surface area contributed by atoms with Gasteiger partial charge in [0.25, 0.3) is 5.91 Å². The maximum absolute atomic E-state index is 12.6. The molecule has 0 bridgehead atoms. The number of hydrogen-bond donors (Lipinski definition) is 1. The third kappa shape index (κ3) is 4.56. The van der Waals surface area contributed by atoms with Crippen LogP contribution in [0.3, 0.4) is 0 Å². The Balaban J connectivity index is 1.82. The highest BCUT2D eigenvalue weighted by Crippen LogP contribution is 2.42. The molecule has 3 aromatic rings. The van der Waals surface area contributed by atoms with Crippen molar-refractivity contribution in [2.75, 3.05) is 6.54 Å². The van der Waals surface area contributed by atoms with Crippen LogP contribution in [0.5, 0.6) is 0 Å². The van der Waals surface area contributed by atoms with Crippen molar-refractivity contribution in [1.29, 1.82) is 0 Å². The van der Waals surface area contributed by atoms with Crippen molar-refractivity contribution in [1.82, 2.24) is 5.32 Å². The largest absolute Gasteiger partial charge is 0.352 e. The standard InChI is InChI=1S/C24H20Cl2N2OS/c1-14(2)13-27-24(29)16-5-10-21-20(11-16)28-23(15-3-6-17(25)7-4-15)19-9-8-18(26)12-22(19)30-21/h3-12,14H,13H2,1-2H3,(H,27,29). The van der Waals surface area contributed by atoms with Crippen LogP contribution < -0.4 is 5.32 Å². The van der Waals surface area contributed by atoms with Gasteiger partial charge in [-0.15, -0.1) is 0 Å². The van der Waals surface area contributed by atoms with Gasteiger partial charge in [-0.1, -0.05) is 67.0 Å². The van der Waals surface area contributed by atoms with Crippen LogP contribution >= 0.6 is 35.0 Å². The fourth-order valence-corrected chi connectivity index (χ4v) is 4.54. The Labute approximate surface area is 190 Å². The second-order valence-electron chi connectivity index (χ2n) is 7.50. The van der Waals surface area contributed by atoms with Gasteiger partial charge in [-0.25, -0.2) is 4.99 Å². The SMILES string of the molecule is CC(C)CNC(=O)c1ccc2c(c1)N=C(c1ccc(Cl)cc1)c1ccc(Cl)cc1S2. The Morgan fingerprint density at radius 3 is 2.43 bits per heavy atom. The number of benzene rings is 3. The Bertz CT molecular complexity index is 1140. The lowest BCUT2D eigenvalue weighted by atomic mass is 10.0. The predicted molar refractivity (Wildman–Crippen MR) is 126 cm³/mol. The molecule has 3 nitrogen and oxygen atoms in total. The molecular weight excluding hydrogens is 435 g/mol. The van der Waals surface area contributed by atoms with Gasteiger partial charge in [0, 0.05) is 43.1 Å². The molecule has 0 atom stereocenters. The zero-order valence-corrected chi connectivity index (χ0v) is 18.9. The first-order chi connectivity index (χ1) is 14.4. The van der Waals surface area contributed by atoms with E-state index >= 15 is 0 Å². The van der Waals surface area contributed by atoms with Gasteiger partial charge in [-0.3, -0.25) is 4.79 Å². The summed E-state index contributed by atoms with van der Waals surface area (Å²) >= 11 is 14.0. The number of carbonyl (C=O) groups excluding carboxylic acids is 1. The number of hydrogen-bond acceptors (Lipinski definition) is 3. The van der Waals surface area contributed by atoms with E-state index in [1.54, 1.807) is 11.8 Å². The van der Waals surface area contributed by atoms with Gasteiger partial charge in [0.15, 0.2) is 0 Å². The van der Waals surface area contributed by atoms with Crippen molar-refractivity contribution in [3.05, 3.63) is 87.4 Å². The van der Waals surface area contributed by atoms with Crippen LogP contribution in [0.1, 0.15) is 35.3 Å². The topological polar surface area (TPSA) is 41.5 Å². The lowest BCUT2D eigenvalue weighted by molar-refractivity contribution is 0.0949. The number of aliphatic imine (C=N–C) groups is 1. The molecule has 1 amide bonds. The lowest BCUT2D eigenvalue weighted by Gasteiger charge is -2.09. The van der Waals surface area contributed by atoms with Crippen molar-refractivity contribution in [2.45, 2.75) is 23.6 Å². The van der Waals surface area contributed by atoms with Gasteiger partial charge in [0.1, 0.15) is 0 Å². The van der Waals surface area contributed by atoms with Gasteiger partial charge in [-0.2, -0.15) is 0 Å². The van der Waals surface area contributed by atoms with E-state index in [0.29, 0.717) is 28.1 Å². The van der Waals surface area contributed by atoms with E-state index in [1.807, 2.05) is 60.7 Å². The minimum atomic E-state index is -0.0930. The van der Waals surface area contributed by atoms with Gasteiger partial charge in [0.2, 0.25) is 0 Å². The fourth-order valence-electron chi connectivity index (χ4n) is 3.13. The molecule has 6 heteroatoms. The second-order valence-corrected chi connectivity index (χ2v) is 9.45. The minimum absolute atomic E-state index is 0.0930. The summed E-state index contributed by atoms with van der Waals surface area (Å²) in [4.78, 5) is 19.5. The Hall–Kier alpha value is -2.27. The summed E-state index contributed by atoms with van der Waals surface area (Å²) in [5, 5.41) is 4.31. The van der Waals surface area contributed by atoms with E-state index in [4.69, 9.17) is 28.2 Å². The molecule has 0 spiro atoms. The minimum Gasteiger partial charge on any atom is -0.352 e. The predicted octanol–water partition coefficient (Wildman–Crippen LogP) is 7.01. The average Bonchev–Trinajstić information content (AvgIpc) is 2.88. The molecule has 1 aliphatic heterocycles. The number of rotatable bonds is 4. The normalized spacial score (nSPS) is 12.6. The lowest BCUT2D eigenvalue weighted by Crippen LogP contribution is -2.27. The van der Waals surface area contributed by atoms with Crippen molar-refractivity contribution in [3.8, 4) is 0 Å². The summed E-state index contributed by atoms with van der Waals surface area (Å²) < 4.78 is 0. The third-order valence-electron chi connectivity index (χ3n) is 4.66. The van der Waals surface area contributed by atoms with Gasteiger partial charge >= 0.3 is 0 Å². The van der Waals surface area contributed by atoms with Crippen LogP contribution in [-0.4, -0.2) is 18.2 Å². The molecular formula is C24H20Cl2N2OS. The molecule has 1 N–H and O–H groups in total. The fraction of sp³-hybridized carbons (Fsp3) is 0.167. The van der Waals surface area contributed by atoms with E-state index in [1.165, 1.54) is 0 Å². The summed E-state index contributed by atoms with van der Waals surface area (Å²) in [5.74, 6) is 0.295. The van der Waals surface area contributed by atoms with E-state index in [2.05, 4.69) is 19.2 Å². The van der Waals surface area contributed by atoms with Crippen LogP contribution in [-0.2, 0) is 0 Å². The first kappa shape index (κ1) is 21.0. The van der Waals surface area contributed by atoms with Crippen LogP contribution in [0.2, 0.25) is 10.0 Å². The van der Waals surface area contributed by atoms with Crippen LogP contribution in [0, 0.1) is 5.92 Å². The molecule has 0 saturated carbocycles. The molecule has 0 radical (unpaired) electrons. The second kappa shape index (κ2) is 8.84. The number of nitrogens with one attached hydrogen (secondary N) is 1. The van der Waals surface area contributed by atoms with E-state index in [0.717, 1.165) is 32.3 Å². The van der Waals surface area contributed by atoms with Crippen LogP contribution in [0.25, 0.3) is 0 Å². The van der Waals surface area contributed by atoms with Crippen molar-refractivity contribution in [2.24, 2.45) is 10.9 Å². The molecule has 4 rings (SSSR count). The smallest absolute Gasteiger partial charge is 0.251 e. The van der Waals surface area contributed by atoms with Crippen LogP contribution in [0.15, 0.2) is 75.4 Å². The summed E-state index contributed by atoms with van der Waals surface area (Å²) in [6.45, 7) is 4.77. The molecule has 0 fully saturated rings.